The number of hydrogen-bond acceptors (Lipinski definition) is 7. The normalized spacial score (nSPS) is 13.9. The van der Waals surface area contributed by atoms with Crippen LogP contribution in [0.2, 0.25) is 0 Å². The molecule has 12 heteroatoms. The van der Waals surface area contributed by atoms with Crippen LogP contribution in [0.4, 0.5) is 0 Å². The number of nitro groups is 2. The van der Waals surface area contributed by atoms with E-state index >= 15 is 0 Å². The number of hydrogen-bond donors (Lipinski definition) is 1. The molecule has 0 spiro atoms. The van der Waals surface area contributed by atoms with Crippen LogP contribution in [0.15, 0.2) is 0 Å². The van der Waals surface area contributed by atoms with Gasteiger partial charge >= 0.3 is 15.9 Å². The first-order valence-electron chi connectivity index (χ1n) is 3.15. The van der Waals surface area contributed by atoms with Crippen LogP contribution >= 0.6 is 10.3 Å². The van der Waals surface area contributed by atoms with Crippen molar-refractivity contribution in [3.63, 3.8) is 0 Å². The second-order valence-corrected chi connectivity index (χ2v) is 7.14. The Labute approximate surface area is 86.0 Å². The van der Waals surface area contributed by atoms with E-state index in [2.05, 4.69) is 3.63 Å². The highest BCUT2D eigenvalue weighted by Gasteiger charge is 2.49. The molecule has 0 fully saturated rings. The van der Waals surface area contributed by atoms with Gasteiger partial charge in [0.2, 0.25) is 0 Å². The Morgan fingerprint density at radius 1 is 1.20 bits per heavy atom. The van der Waals surface area contributed by atoms with E-state index in [0.717, 1.165) is 12.5 Å². The quantitative estimate of drug-likeness (QED) is 0.305. The zero-order chi connectivity index (χ0) is 12.4. The van der Waals surface area contributed by atoms with Gasteiger partial charge in [-0.1, -0.05) is 0 Å². The highest BCUT2D eigenvalue weighted by Crippen LogP contribution is 2.48. The molecule has 0 saturated carbocycles. The van der Waals surface area contributed by atoms with Crippen molar-refractivity contribution in [1.29, 1.82) is 0 Å². The van der Waals surface area contributed by atoms with E-state index in [4.69, 9.17) is 4.55 Å². The molecule has 15 heavy (non-hydrogen) atoms. The predicted octanol–water partition coefficient (Wildman–Crippen LogP) is -0.378. The molecule has 0 radical (unpaired) electrons. The highest BCUT2D eigenvalue weighted by molar-refractivity contribution is 8.31. The lowest BCUT2D eigenvalue weighted by molar-refractivity contribution is -0.712. The lowest BCUT2D eigenvalue weighted by atomic mass is 11.2. The van der Waals surface area contributed by atoms with Gasteiger partial charge in [-0.25, -0.2) is 0 Å². The Morgan fingerprint density at radius 3 is 1.73 bits per heavy atom. The minimum atomic E-state index is -4.97. The maximum absolute atomic E-state index is 10.3. The maximum Gasteiger partial charge on any atom is 0.503 e. The smallest absolute Gasteiger partial charge is 0.263 e. The van der Waals surface area contributed by atoms with Crippen LogP contribution in [0.3, 0.4) is 0 Å². The largest absolute Gasteiger partial charge is 0.503 e. The van der Waals surface area contributed by atoms with Gasteiger partial charge in [0.1, 0.15) is 9.85 Å². The first-order chi connectivity index (χ1) is 6.47. The Hall–Kier alpha value is -0.980. The van der Waals surface area contributed by atoms with Crippen molar-refractivity contribution in [2.45, 2.75) is 5.50 Å². The molecule has 0 aromatic heterocycles. The van der Waals surface area contributed by atoms with Crippen molar-refractivity contribution in [2.75, 3.05) is 12.5 Å². The molecule has 0 aliphatic carbocycles. The molecule has 90 valence electrons. The monoisotopic (exact) mass is 264 g/mol. The molecule has 0 aliphatic heterocycles. The van der Waals surface area contributed by atoms with Crippen LogP contribution in [0.5, 0.6) is 0 Å². The van der Waals surface area contributed by atoms with Gasteiger partial charge < -0.3 is 0 Å². The van der Waals surface area contributed by atoms with Gasteiger partial charge in [-0.15, -0.1) is 0 Å². The molecule has 0 aromatic carbocycles. The molecule has 0 saturated heterocycles. The third-order valence-corrected chi connectivity index (χ3v) is 4.58. The zero-order valence-corrected chi connectivity index (χ0v) is 9.23. The minimum absolute atomic E-state index is 0.886. The van der Waals surface area contributed by atoms with Gasteiger partial charge in [0.05, 0.1) is 0 Å². The Morgan fingerprint density at radius 2 is 1.53 bits per heavy atom. The summed E-state index contributed by atoms with van der Waals surface area (Å²) >= 11 is 0. The first-order valence-corrected chi connectivity index (χ1v) is 6.95. The van der Waals surface area contributed by atoms with Gasteiger partial charge in [-0.2, -0.15) is 12.0 Å². The molecule has 0 aliphatic rings. The molecule has 0 rings (SSSR count). The van der Waals surface area contributed by atoms with Crippen LogP contribution in [-0.2, 0) is 14.0 Å². The van der Waals surface area contributed by atoms with Crippen molar-refractivity contribution in [3.05, 3.63) is 20.2 Å². The summed E-state index contributed by atoms with van der Waals surface area (Å²) in [6.07, 6.45) is 1.77. The van der Waals surface area contributed by atoms with Crippen molar-refractivity contribution in [3.8, 4) is 0 Å². The van der Waals surface area contributed by atoms with Crippen LogP contribution in [0.1, 0.15) is 0 Å². The molecule has 0 amide bonds. The molecule has 10 nitrogen and oxygen atoms in total. The van der Waals surface area contributed by atoms with E-state index < -0.39 is 36.1 Å². The lowest BCUT2D eigenvalue weighted by Gasteiger charge is -2.24. The first kappa shape index (κ1) is 14.0. The predicted molar refractivity (Wildman–Crippen MR) is 49.8 cm³/mol. The molecule has 0 unspecified atom stereocenters. The van der Waals surface area contributed by atoms with Crippen LogP contribution in [0.25, 0.3) is 0 Å². The van der Waals surface area contributed by atoms with E-state index in [1.807, 2.05) is 0 Å². The third kappa shape index (κ3) is 4.37. The van der Waals surface area contributed by atoms with Gasteiger partial charge in [0.25, 0.3) is 0 Å². The third-order valence-electron chi connectivity index (χ3n) is 1.13. The summed E-state index contributed by atoms with van der Waals surface area (Å²) in [6, 6.07) is 0. The van der Waals surface area contributed by atoms with Crippen LogP contribution in [0, 0.1) is 20.2 Å². The fourth-order valence-electron chi connectivity index (χ4n) is 0.748. The number of nitrogens with zero attached hydrogens (tertiary/aromatic N) is 2. The minimum Gasteiger partial charge on any atom is -0.263 e. The maximum atomic E-state index is 10.3. The van der Waals surface area contributed by atoms with Gasteiger partial charge in [0, 0.05) is 22.8 Å². The molecule has 1 N–H and O–H groups in total. The Balaban J connectivity index is 5.13. The summed E-state index contributed by atoms with van der Waals surface area (Å²) in [7, 11) is -8.18. The van der Waals surface area contributed by atoms with E-state index in [1.54, 1.807) is 0 Å². The summed E-state index contributed by atoms with van der Waals surface area (Å²) < 4.78 is 32.8. The number of rotatable bonds is 5. The SMILES string of the molecule is CS(C)(OS(=O)(=O)O)C([N+](=O)[O-])[N+](=O)[O-]. The van der Waals surface area contributed by atoms with Gasteiger partial charge in [0.15, 0.2) is 0 Å². The summed E-state index contributed by atoms with van der Waals surface area (Å²) in [6.45, 7) is 0. The van der Waals surface area contributed by atoms with Gasteiger partial charge in [-0.05, 0) is 0 Å². The van der Waals surface area contributed by atoms with Crippen molar-refractivity contribution in [1.82, 2.24) is 0 Å². The second kappa shape index (κ2) is 4.26. The Kier molecular flexibility index (Phi) is 3.98. The molecule has 0 atom stereocenters. The van der Waals surface area contributed by atoms with Gasteiger partial charge in [-0.3, -0.25) is 24.8 Å². The lowest BCUT2D eigenvalue weighted by Crippen LogP contribution is -2.35. The molecule has 0 bridgehead atoms. The van der Waals surface area contributed by atoms with Crippen molar-refractivity contribution in [2.24, 2.45) is 0 Å². The highest BCUT2D eigenvalue weighted by atomic mass is 32.3. The average Bonchev–Trinajstić information content (AvgIpc) is 1.74. The second-order valence-electron chi connectivity index (χ2n) is 2.70. The topological polar surface area (TPSA) is 150 Å². The molecular formula is C3H8N2O8S2. The molecular weight excluding hydrogens is 256 g/mol. The summed E-state index contributed by atoms with van der Waals surface area (Å²) in [4.78, 5) is 18.0. The summed E-state index contributed by atoms with van der Waals surface area (Å²) in [5.41, 5.74) is -2.42. The van der Waals surface area contributed by atoms with Crippen molar-refractivity contribution >= 4 is 20.7 Å². The molecule has 0 aromatic rings. The zero-order valence-electron chi connectivity index (χ0n) is 7.59. The standard InChI is InChI=1S/C3H8N2O8S2/c1-14(2,13-15(10,11)12)3(4(6)7)5(8)9/h3H,1-2H3,(H,10,11,12). The fourth-order valence-corrected chi connectivity index (χ4v) is 3.63. The van der Waals surface area contributed by atoms with Crippen LogP contribution in [-0.4, -0.2) is 40.8 Å². The Bertz CT molecular complexity index is 359. The van der Waals surface area contributed by atoms with E-state index in [1.165, 1.54) is 0 Å². The fraction of sp³-hybridized carbons (Fsp3) is 1.00. The van der Waals surface area contributed by atoms with E-state index in [-0.39, 0.29) is 0 Å². The van der Waals surface area contributed by atoms with E-state index in [9.17, 15) is 28.6 Å². The summed E-state index contributed by atoms with van der Waals surface area (Å²) in [5, 5.41) is 20.6. The van der Waals surface area contributed by atoms with E-state index in [0.29, 0.717) is 0 Å². The van der Waals surface area contributed by atoms with Crippen molar-refractivity contribution < 1.29 is 26.4 Å². The average molecular weight is 264 g/mol. The molecule has 0 heterocycles. The summed E-state index contributed by atoms with van der Waals surface area (Å²) in [5.74, 6) is 0. The van der Waals surface area contributed by atoms with Crippen LogP contribution < -0.4 is 0 Å².